The molecule has 0 bridgehead atoms. The Labute approximate surface area is 150 Å². The molecule has 4 rings (SSSR count). The molecule has 0 radical (unpaired) electrons. The van der Waals surface area contributed by atoms with E-state index in [1.807, 2.05) is 54.6 Å². The molecule has 0 saturated heterocycles. The van der Waals surface area contributed by atoms with Gasteiger partial charge < -0.3 is 9.52 Å². The Hall–Kier alpha value is -3.04. The Kier molecular flexibility index (Phi) is 4.00. The topological polar surface area (TPSA) is 46.3 Å². The molecule has 0 amide bonds. The van der Waals surface area contributed by atoms with Crippen molar-refractivity contribution >= 4 is 11.6 Å². The van der Waals surface area contributed by atoms with Crippen LogP contribution in [0.25, 0.3) is 33.6 Å². The van der Waals surface area contributed by atoms with Gasteiger partial charge in [0.05, 0.1) is 23.9 Å². The van der Waals surface area contributed by atoms with E-state index in [0.717, 1.165) is 22.4 Å². The van der Waals surface area contributed by atoms with E-state index in [2.05, 4.69) is 0 Å². The number of nitrogens with zero attached hydrogens (tertiary/aromatic N) is 1. The summed E-state index contributed by atoms with van der Waals surface area (Å²) in [5.74, 6) is 0.185. The van der Waals surface area contributed by atoms with Gasteiger partial charge in [0.2, 0.25) is 0 Å². The summed E-state index contributed by atoms with van der Waals surface area (Å²) in [6, 6.07) is 20.5. The summed E-state index contributed by atoms with van der Waals surface area (Å²) in [5, 5.41) is 10.8. The molecule has 3 nitrogen and oxygen atoms in total. The van der Waals surface area contributed by atoms with Gasteiger partial charge in [-0.3, -0.25) is 0 Å². The van der Waals surface area contributed by atoms with Crippen molar-refractivity contribution in [2.75, 3.05) is 0 Å². The molecule has 4 aromatic rings. The zero-order valence-electron chi connectivity index (χ0n) is 13.2. The lowest BCUT2D eigenvalue weighted by molar-refractivity contribution is 0.477. The van der Waals surface area contributed by atoms with Crippen molar-refractivity contribution in [1.29, 1.82) is 0 Å². The van der Waals surface area contributed by atoms with Crippen LogP contribution >= 0.6 is 11.6 Å². The summed E-state index contributed by atoms with van der Waals surface area (Å²) in [6.07, 6.45) is 3.31. The highest BCUT2D eigenvalue weighted by atomic mass is 35.5. The number of aromatic hydroxyl groups is 1. The number of pyridine rings is 1. The molecule has 1 N–H and O–H groups in total. The first-order chi connectivity index (χ1) is 12.2. The van der Waals surface area contributed by atoms with Crippen molar-refractivity contribution in [3.63, 3.8) is 0 Å². The fraction of sp³-hybridized carbons (Fsp3) is 0. The summed E-state index contributed by atoms with van der Waals surface area (Å²) in [6.45, 7) is 0. The first-order valence-electron chi connectivity index (χ1n) is 7.80. The van der Waals surface area contributed by atoms with Crippen LogP contribution in [0.15, 0.2) is 83.7 Å². The zero-order chi connectivity index (χ0) is 17.2. The van der Waals surface area contributed by atoms with E-state index in [1.54, 1.807) is 24.7 Å². The number of phenols is 1. The van der Waals surface area contributed by atoms with Crippen LogP contribution in [0, 0.1) is 0 Å². The first-order valence-corrected chi connectivity index (χ1v) is 8.18. The van der Waals surface area contributed by atoms with Crippen molar-refractivity contribution in [2.45, 2.75) is 0 Å². The third-order valence-electron chi connectivity index (χ3n) is 4.01. The standard InChI is InChI=1S/C21H14ClNO2/c22-18-7-3-1-5-16(18)19-11-15(14-9-10-25-13-14)12-20(23-19)17-6-2-4-8-21(17)24/h1-13,24H. The van der Waals surface area contributed by atoms with Gasteiger partial charge in [-0.15, -0.1) is 0 Å². The molecule has 2 aromatic carbocycles. The largest absolute Gasteiger partial charge is 0.507 e. The Morgan fingerprint density at radius 1 is 0.800 bits per heavy atom. The lowest BCUT2D eigenvalue weighted by Gasteiger charge is -2.11. The van der Waals surface area contributed by atoms with E-state index < -0.39 is 0 Å². The molecule has 0 saturated carbocycles. The maximum absolute atomic E-state index is 10.2. The van der Waals surface area contributed by atoms with Crippen molar-refractivity contribution in [1.82, 2.24) is 4.98 Å². The molecule has 2 heterocycles. The van der Waals surface area contributed by atoms with E-state index in [4.69, 9.17) is 21.0 Å². The second-order valence-corrected chi connectivity index (χ2v) is 6.04. The van der Waals surface area contributed by atoms with Crippen LogP contribution in [-0.4, -0.2) is 10.1 Å². The molecule has 0 spiro atoms. The van der Waals surface area contributed by atoms with Crippen LogP contribution in [0.1, 0.15) is 0 Å². The molecular formula is C21H14ClNO2. The van der Waals surface area contributed by atoms with Crippen LogP contribution < -0.4 is 0 Å². The predicted octanol–water partition coefficient (Wildman–Crippen LogP) is 6.03. The van der Waals surface area contributed by atoms with Gasteiger partial charge in [-0.25, -0.2) is 4.98 Å². The number of benzene rings is 2. The normalized spacial score (nSPS) is 10.8. The second kappa shape index (κ2) is 6.46. The summed E-state index contributed by atoms with van der Waals surface area (Å²) in [5.41, 5.74) is 4.80. The minimum Gasteiger partial charge on any atom is -0.507 e. The van der Waals surface area contributed by atoms with Gasteiger partial charge in [-0.1, -0.05) is 41.9 Å². The Bertz CT molecular complexity index is 962. The molecule has 0 unspecified atom stereocenters. The fourth-order valence-electron chi connectivity index (χ4n) is 2.76. The fourth-order valence-corrected chi connectivity index (χ4v) is 2.99. The maximum atomic E-state index is 10.2. The lowest BCUT2D eigenvalue weighted by atomic mass is 10.0. The summed E-state index contributed by atoms with van der Waals surface area (Å²) >= 11 is 6.36. The van der Waals surface area contributed by atoms with Gasteiger partial charge in [-0.05, 0) is 42.0 Å². The molecule has 2 aromatic heterocycles. The van der Waals surface area contributed by atoms with Crippen molar-refractivity contribution in [3.8, 4) is 39.4 Å². The Balaban J connectivity index is 1.96. The number of phenolic OH excluding ortho intramolecular Hbond substituents is 1. The lowest BCUT2D eigenvalue weighted by Crippen LogP contribution is -1.91. The van der Waals surface area contributed by atoms with Crippen LogP contribution in [0.2, 0.25) is 5.02 Å². The van der Waals surface area contributed by atoms with Crippen LogP contribution in [-0.2, 0) is 0 Å². The minimum absolute atomic E-state index is 0.185. The van der Waals surface area contributed by atoms with Gasteiger partial charge in [0, 0.05) is 21.7 Å². The second-order valence-electron chi connectivity index (χ2n) is 5.64. The van der Waals surface area contributed by atoms with Crippen molar-refractivity contribution in [2.24, 2.45) is 0 Å². The number of aromatic nitrogens is 1. The smallest absolute Gasteiger partial charge is 0.124 e. The molecule has 0 atom stereocenters. The number of furan rings is 1. The summed E-state index contributed by atoms with van der Waals surface area (Å²) in [7, 11) is 0. The van der Waals surface area contributed by atoms with Crippen molar-refractivity contribution in [3.05, 3.63) is 84.3 Å². The van der Waals surface area contributed by atoms with Crippen LogP contribution in [0.3, 0.4) is 0 Å². The highest BCUT2D eigenvalue weighted by Crippen LogP contribution is 2.35. The Morgan fingerprint density at radius 3 is 2.16 bits per heavy atom. The van der Waals surface area contributed by atoms with E-state index >= 15 is 0 Å². The van der Waals surface area contributed by atoms with Gasteiger partial charge in [0.15, 0.2) is 0 Å². The van der Waals surface area contributed by atoms with E-state index in [-0.39, 0.29) is 5.75 Å². The van der Waals surface area contributed by atoms with Crippen LogP contribution in [0.4, 0.5) is 0 Å². The average Bonchev–Trinajstić information content (AvgIpc) is 3.17. The Morgan fingerprint density at radius 2 is 1.48 bits per heavy atom. The molecule has 0 aliphatic rings. The molecule has 122 valence electrons. The number of hydrogen-bond donors (Lipinski definition) is 1. The molecule has 0 aliphatic heterocycles. The molecule has 4 heteroatoms. The monoisotopic (exact) mass is 347 g/mol. The summed E-state index contributed by atoms with van der Waals surface area (Å²) in [4.78, 5) is 4.73. The molecule has 0 fully saturated rings. The van der Waals surface area contributed by atoms with Gasteiger partial charge in [0.25, 0.3) is 0 Å². The number of halogens is 1. The van der Waals surface area contributed by atoms with Gasteiger partial charge in [-0.2, -0.15) is 0 Å². The van der Waals surface area contributed by atoms with Gasteiger partial charge >= 0.3 is 0 Å². The number of rotatable bonds is 3. The average molecular weight is 348 g/mol. The van der Waals surface area contributed by atoms with E-state index in [0.29, 0.717) is 16.3 Å². The molecule has 0 aliphatic carbocycles. The van der Waals surface area contributed by atoms with Crippen LogP contribution in [0.5, 0.6) is 5.75 Å². The summed E-state index contributed by atoms with van der Waals surface area (Å²) < 4.78 is 5.21. The molecule has 25 heavy (non-hydrogen) atoms. The quantitative estimate of drug-likeness (QED) is 0.491. The third kappa shape index (κ3) is 3.02. The minimum atomic E-state index is 0.185. The van der Waals surface area contributed by atoms with E-state index in [9.17, 15) is 5.11 Å². The van der Waals surface area contributed by atoms with E-state index in [1.165, 1.54) is 0 Å². The highest BCUT2D eigenvalue weighted by Gasteiger charge is 2.13. The predicted molar refractivity (Wildman–Crippen MR) is 99.5 cm³/mol. The number of hydrogen-bond acceptors (Lipinski definition) is 3. The molecular weight excluding hydrogens is 334 g/mol. The zero-order valence-corrected chi connectivity index (χ0v) is 13.9. The third-order valence-corrected chi connectivity index (χ3v) is 4.34. The first kappa shape index (κ1) is 15.5. The highest BCUT2D eigenvalue weighted by molar-refractivity contribution is 6.33. The van der Waals surface area contributed by atoms with Crippen molar-refractivity contribution < 1.29 is 9.52 Å². The van der Waals surface area contributed by atoms with Gasteiger partial charge in [0.1, 0.15) is 5.75 Å². The maximum Gasteiger partial charge on any atom is 0.124 e. The SMILES string of the molecule is Oc1ccccc1-c1cc(-c2ccoc2)cc(-c2ccccc2Cl)n1. The number of para-hydroxylation sites is 1.